The van der Waals surface area contributed by atoms with Crippen molar-refractivity contribution in [3.63, 3.8) is 0 Å². The van der Waals surface area contributed by atoms with Crippen LogP contribution in [0.3, 0.4) is 0 Å². The number of carbonyl (C=O) groups excluding carboxylic acids is 1. The minimum absolute atomic E-state index is 0.0768. The number of thioether (sulfide) groups is 1. The number of thiophene rings is 1. The Bertz CT molecular complexity index is 833. The molecular weight excluding hydrogens is 354 g/mol. The Morgan fingerprint density at radius 2 is 2.00 bits per heavy atom. The molecule has 1 amide bonds. The number of fused-ring (bicyclic) bond motifs is 1. The quantitative estimate of drug-likeness (QED) is 0.881. The zero-order valence-electron chi connectivity index (χ0n) is 15.2. The van der Waals surface area contributed by atoms with Crippen LogP contribution in [0.4, 0.5) is 0 Å². The van der Waals surface area contributed by atoms with Crippen molar-refractivity contribution >= 4 is 39.2 Å². The topological polar surface area (TPSA) is 66.1 Å². The molecule has 25 heavy (non-hydrogen) atoms. The van der Waals surface area contributed by atoms with Crippen molar-refractivity contribution in [2.75, 3.05) is 5.75 Å². The summed E-state index contributed by atoms with van der Waals surface area (Å²) in [5, 5.41) is 0.697. The second-order valence-electron chi connectivity index (χ2n) is 6.90. The standard InChI is InChI=1S/C18H25N3O2S2/c1-10-6-5-7-11(2)21(10)15(22)9-24-8-14-19-17(23)16-12(3)13(4)25-18(16)20-14/h10-11H,5-9H2,1-4H3,(H,19,20,23)/t10-,11+. The molecule has 1 aliphatic heterocycles. The lowest BCUT2D eigenvalue weighted by Gasteiger charge is -2.39. The number of nitrogens with one attached hydrogen (secondary N) is 1. The van der Waals surface area contributed by atoms with Crippen LogP contribution < -0.4 is 5.56 Å². The summed E-state index contributed by atoms with van der Waals surface area (Å²) in [5.41, 5.74) is 0.934. The molecular formula is C18H25N3O2S2. The highest BCUT2D eigenvalue weighted by Crippen LogP contribution is 2.27. The number of rotatable bonds is 4. The van der Waals surface area contributed by atoms with Crippen LogP contribution in [0.25, 0.3) is 10.2 Å². The molecule has 136 valence electrons. The number of H-pyrrole nitrogens is 1. The molecule has 7 heteroatoms. The zero-order valence-corrected chi connectivity index (χ0v) is 16.9. The Balaban J connectivity index is 1.65. The molecule has 1 fully saturated rings. The molecule has 1 saturated heterocycles. The number of carbonyl (C=O) groups is 1. The van der Waals surface area contributed by atoms with E-state index in [-0.39, 0.29) is 11.5 Å². The van der Waals surface area contributed by atoms with Gasteiger partial charge in [-0.15, -0.1) is 23.1 Å². The van der Waals surface area contributed by atoms with Gasteiger partial charge in [0.05, 0.1) is 16.9 Å². The van der Waals surface area contributed by atoms with Crippen molar-refractivity contribution in [1.29, 1.82) is 0 Å². The SMILES string of the molecule is Cc1sc2nc(CSCC(=O)N3[C@H](C)CCC[C@@H]3C)[nH]c(=O)c2c1C. The van der Waals surface area contributed by atoms with Gasteiger partial charge in [0.2, 0.25) is 5.91 Å². The van der Waals surface area contributed by atoms with Crippen molar-refractivity contribution in [3.8, 4) is 0 Å². The van der Waals surface area contributed by atoms with E-state index in [1.54, 1.807) is 11.3 Å². The maximum atomic E-state index is 12.6. The molecule has 1 aliphatic rings. The number of nitrogens with zero attached hydrogens (tertiary/aromatic N) is 2. The summed E-state index contributed by atoms with van der Waals surface area (Å²) >= 11 is 3.08. The van der Waals surface area contributed by atoms with E-state index >= 15 is 0 Å². The molecule has 2 atom stereocenters. The van der Waals surface area contributed by atoms with E-state index in [0.717, 1.165) is 28.1 Å². The second-order valence-corrected chi connectivity index (χ2v) is 9.09. The molecule has 0 spiro atoms. The van der Waals surface area contributed by atoms with Gasteiger partial charge in [-0.3, -0.25) is 9.59 Å². The van der Waals surface area contributed by atoms with Crippen molar-refractivity contribution < 1.29 is 4.79 Å². The van der Waals surface area contributed by atoms with Gasteiger partial charge in [-0.05, 0) is 52.5 Å². The van der Waals surface area contributed by atoms with Crippen LogP contribution >= 0.6 is 23.1 Å². The Kier molecular flexibility index (Phi) is 5.53. The molecule has 0 aromatic carbocycles. The number of hydrogen-bond donors (Lipinski definition) is 1. The van der Waals surface area contributed by atoms with Crippen molar-refractivity contribution in [3.05, 3.63) is 26.6 Å². The largest absolute Gasteiger partial charge is 0.337 e. The summed E-state index contributed by atoms with van der Waals surface area (Å²) in [5.74, 6) is 1.81. The minimum atomic E-state index is -0.0768. The Morgan fingerprint density at radius 3 is 2.68 bits per heavy atom. The highest BCUT2D eigenvalue weighted by Gasteiger charge is 2.28. The molecule has 3 rings (SSSR count). The summed E-state index contributed by atoms with van der Waals surface area (Å²) in [4.78, 5) is 36.2. The van der Waals surface area contributed by atoms with E-state index < -0.39 is 0 Å². The zero-order chi connectivity index (χ0) is 18.1. The average Bonchev–Trinajstić information content (AvgIpc) is 2.82. The summed E-state index contributed by atoms with van der Waals surface area (Å²) in [6, 6.07) is 0.645. The van der Waals surface area contributed by atoms with Crippen molar-refractivity contribution in [1.82, 2.24) is 14.9 Å². The molecule has 5 nitrogen and oxygen atoms in total. The average molecular weight is 380 g/mol. The fraction of sp³-hybridized carbons (Fsp3) is 0.611. The molecule has 1 N–H and O–H groups in total. The molecule has 2 aromatic rings. The van der Waals surface area contributed by atoms with Gasteiger partial charge in [0.15, 0.2) is 0 Å². The fourth-order valence-electron chi connectivity index (χ4n) is 3.59. The molecule has 0 aliphatic carbocycles. The number of amides is 1. The molecule has 0 radical (unpaired) electrons. The number of hydrogen-bond acceptors (Lipinski definition) is 5. The first-order valence-corrected chi connectivity index (χ1v) is 10.7. The predicted molar refractivity (Wildman–Crippen MR) is 105 cm³/mol. The smallest absolute Gasteiger partial charge is 0.259 e. The van der Waals surface area contributed by atoms with Gasteiger partial charge in [0.25, 0.3) is 5.56 Å². The summed E-state index contributed by atoms with van der Waals surface area (Å²) in [6.45, 7) is 8.23. The van der Waals surface area contributed by atoms with E-state index in [1.807, 2.05) is 18.7 Å². The summed E-state index contributed by atoms with van der Waals surface area (Å²) in [7, 11) is 0. The van der Waals surface area contributed by atoms with Crippen LogP contribution in [0.5, 0.6) is 0 Å². The maximum Gasteiger partial charge on any atom is 0.259 e. The maximum absolute atomic E-state index is 12.6. The number of likely N-dealkylation sites (tertiary alicyclic amines) is 1. The minimum Gasteiger partial charge on any atom is -0.337 e. The number of piperidine rings is 1. The third-order valence-electron chi connectivity index (χ3n) is 5.03. The fourth-order valence-corrected chi connectivity index (χ4v) is 5.39. The lowest BCUT2D eigenvalue weighted by atomic mass is 9.98. The molecule has 2 aromatic heterocycles. The first kappa shape index (κ1) is 18.5. The van der Waals surface area contributed by atoms with Crippen LogP contribution in [0, 0.1) is 13.8 Å². The monoisotopic (exact) mass is 379 g/mol. The van der Waals surface area contributed by atoms with E-state index in [4.69, 9.17) is 0 Å². The van der Waals surface area contributed by atoms with Crippen LogP contribution in [-0.2, 0) is 10.5 Å². The van der Waals surface area contributed by atoms with Gasteiger partial charge < -0.3 is 9.88 Å². The first-order valence-electron chi connectivity index (χ1n) is 8.76. The molecule has 0 unspecified atom stereocenters. The second kappa shape index (κ2) is 7.50. The van der Waals surface area contributed by atoms with Gasteiger partial charge in [-0.2, -0.15) is 0 Å². The molecule has 3 heterocycles. The van der Waals surface area contributed by atoms with Crippen LogP contribution in [0.2, 0.25) is 0 Å². The number of aryl methyl sites for hydroxylation is 2. The summed E-state index contributed by atoms with van der Waals surface area (Å²) in [6.07, 6.45) is 3.37. The van der Waals surface area contributed by atoms with E-state index in [0.29, 0.717) is 34.8 Å². The van der Waals surface area contributed by atoms with Gasteiger partial charge in [0, 0.05) is 17.0 Å². The predicted octanol–water partition coefficient (Wildman–Crippen LogP) is 3.62. The lowest BCUT2D eigenvalue weighted by molar-refractivity contribution is -0.134. The highest BCUT2D eigenvalue weighted by molar-refractivity contribution is 7.99. The Morgan fingerprint density at radius 1 is 1.32 bits per heavy atom. The Labute approximate surface area is 156 Å². The molecule has 0 bridgehead atoms. The van der Waals surface area contributed by atoms with Gasteiger partial charge in [0.1, 0.15) is 10.7 Å². The molecule has 0 saturated carbocycles. The third-order valence-corrected chi connectivity index (χ3v) is 7.06. The highest BCUT2D eigenvalue weighted by atomic mass is 32.2. The van der Waals surface area contributed by atoms with E-state index in [1.165, 1.54) is 18.2 Å². The van der Waals surface area contributed by atoms with Crippen molar-refractivity contribution in [2.45, 2.75) is 64.8 Å². The Hall–Kier alpha value is -1.34. The van der Waals surface area contributed by atoms with Crippen LogP contribution in [0.1, 0.15) is 49.4 Å². The van der Waals surface area contributed by atoms with Gasteiger partial charge in [-0.25, -0.2) is 4.98 Å². The lowest BCUT2D eigenvalue weighted by Crippen LogP contribution is -2.48. The first-order chi connectivity index (χ1) is 11.9. The van der Waals surface area contributed by atoms with E-state index in [2.05, 4.69) is 23.8 Å². The van der Waals surface area contributed by atoms with E-state index in [9.17, 15) is 9.59 Å². The van der Waals surface area contributed by atoms with Gasteiger partial charge in [-0.1, -0.05) is 0 Å². The van der Waals surface area contributed by atoms with Gasteiger partial charge >= 0.3 is 0 Å². The number of aromatic amines is 1. The third kappa shape index (κ3) is 3.77. The summed E-state index contributed by atoms with van der Waals surface area (Å²) < 4.78 is 0. The van der Waals surface area contributed by atoms with Crippen LogP contribution in [-0.4, -0.2) is 38.6 Å². The normalized spacial score (nSPS) is 21.0. The van der Waals surface area contributed by atoms with Crippen molar-refractivity contribution in [2.24, 2.45) is 0 Å². The van der Waals surface area contributed by atoms with Crippen LogP contribution in [0.15, 0.2) is 4.79 Å². The number of aromatic nitrogens is 2.